The van der Waals surface area contributed by atoms with Gasteiger partial charge in [-0.3, -0.25) is 0 Å². The van der Waals surface area contributed by atoms with Gasteiger partial charge in [0.2, 0.25) is 0 Å². The molecule has 2 fully saturated rings. The molecule has 1 nitrogen and oxygen atoms in total. The largest absolute Gasteiger partial charge is 0.303 e. The Kier molecular flexibility index (Phi) is 4.34. The zero-order valence-corrected chi connectivity index (χ0v) is 14.7. The Morgan fingerprint density at radius 2 is 1.53 bits per heavy atom. The van der Waals surface area contributed by atoms with Gasteiger partial charge in [-0.25, -0.2) is 0 Å². The molecule has 2 aliphatic rings. The van der Waals surface area contributed by atoms with Gasteiger partial charge in [0, 0.05) is 16.5 Å². The highest BCUT2D eigenvalue weighted by molar-refractivity contribution is 8.01. The second-order valence-corrected chi connectivity index (χ2v) is 10.8. The average molecular weight is 284 g/mol. The van der Waals surface area contributed by atoms with E-state index in [0.29, 0.717) is 15.6 Å². The lowest BCUT2D eigenvalue weighted by Crippen LogP contribution is -2.42. The zero-order chi connectivity index (χ0) is 14.3. The van der Waals surface area contributed by atoms with Crippen LogP contribution >= 0.6 is 11.8 Å². The lowest BCUT2D eigenvalue weighted by atomic mass is 9.81. The van der Waals surface area contributed by atoms with Gasteiger partial charge in [0.1, 0.15) is 0 Å². The van der Waals surface area contributed by atoms with Crippen molar-refractivity contribution < 1.29 is 0 Å². The first-order chi connectivity index (χ1) is 8.62. The van der Waals surface area contributed by atoms with Gasteiger partial charge in [0.05, 0.1) is 0 Å². The van der Waals surface area contributed by atoms with Gasteiger partial charge in [-0.05, 0) is 49.6 Å². The summed E-state index contributed by atoms with van der Waals surface area (Å²) in [6.07, 6.45) is 5.74. The molecule has 0 spiro atoms. The van der Waals surface area contributed by atoms with Gasteiger partial charge in [-0.1, -0.05) is 41.5 Å². The van der Waals surface area contributed by atoms with E-state index in [1.165, 1.54) is 45.3 Å². The van der Waals surface area contributed by atoms with E-state index in [-0.39, 0.29) is 0 Å². The number of thioether (sulfide) groups is 1. The first-order valence-corrected chi connectivity index (χ1v) is 8.91. The molecule has 112 valence electrons. The molecule has 1 heterocycles. The summed E-state index contributed by atoms with van der Waals surface area (Å²) in [5.41, 5.74) is 1.02. The van der Waals surface area contributed by atoms with Crippen molar-refractivity contribution in [2.75, 3.05) is 19.6 Å². The summed E-state index contributed by atoms with van der Waals surface area (Å²) in [6, 6.07) is 0. The number of rotatable bonds is 4. The van der Waals surface area contributed by atoms with Gasteiger partial charge >= 0.3 is 0 Å². The van der Waals surface area contributed by atoms with Crippen LogP contribution < -0.4 is 0 Å². The van der Waals surface area contributed by atoms with Crippen LogP contribution in [0.1, 0.15) is 67.2 Å². The summed E-state index contributed by atoms with van der Waals surface area (Å²) in [5.74, 6) is 0. The molecule has 0 aromatic carbocycles. The fourth-order valence-electron chi connectivity index (χ4n) is 3.62. The van der Waals surface area contributed by atoms with Crippen molar-refractivity contribution in [3.05, 3.63) is 0 Å². The van der Waals surface area contributed by atoms with Crippen LogP contribution in [0.5, 0.6) is 0 Å². The van der Waals surface area contributed by atoms with E-state index in [9.17, 15) is 0 Å². The van der Waals surface area contributed by atoms with Gasteiger partial charge in [-0.15, -0.1) is 0 Å². The van der Waals surface area contributed by atoms with Crippen LogP contribution in [-0.4, -0.2) is 34.5 Å². The minimum atomic E-state index is 0.374. The molecule has 0 amide bonds. The summed E-state index contributed by atoms with van der Waals surface area (Å²) in [7, 11) is 0. The predicted octanol–water partition coefficient (Wildman–Crippen LogP) is 4.81. The van der Waals surface area contributed by atoms with Gasteiger partial charge in [0.25, 0.3) is 0 Å². The van der Waals surface area contributed by atoms with Crippen molar-refractivity contribution in [1.82, 2.24) is 4.90 Å². The molecule has 0 bridgehead atoms. The van der Waals surface area contributed by atoms with E-state index in [0.717, 1.165) is 5.25 Å². The Labute approximate surface area is 124 Å². The Morgan fingerprint density at radius 1 is 1.00 bits per heavy atom. The van der Waals surface area contributed by atoms with E-state index < -0.39 is 0 Å². The number of likely N-dealkylation sites (tertiary alicyclic amines) is 1. The van der Waals surface area contributed by atoms with E-state index >= 15 is 0 Å². The van der Waals surface area contributed by atoms with Crippen LogP contribution in [0.15, 0.2) is 0 Å². The summed E-state index contributed by atoms with van der Waals surface area (Å²) in [4.78, 5) is 2.73. The van der Waals surface area contributed by atoms with Gasteiger partial charge in [-0.2, -0.15) is 11.8 Å². The maximum atomic E-state index is 2.73. The van der Waals surface area contributed by atoms with Crippen LogP contribution in [0.2, 0.25) is 0 Å². The molecule has 0 N–H and O–H groups in total. The summed E-state index contributed by atoms with van der Waals surface area (Å²) in [5, 5.41) is 0.792. The zero-order valence-electron chi connectivity index (χ0n) is 13.9. The summed E-state index contributed by atoms with van der Waals surface area (Å²) >= 11 is 2.23. The third-order valence-corrected chi connectivity index (χ3v) is 6.59. The highest BCUT2D eigenvalue weighted by atomic mass is 32.2. The molecule has 0 aromatic heterocycles. The first-order valence-electron chi connectivity index (χ1n) is 8.03. The third-order valence-electron chi connectivity index (χ3n) is 4.44. The first kappa shape index (κ1) is 15.7. The fraction of sp³-hybridized carbons (Fsp3) is 1.00. The molecular formula is C17H33NS. The molecule has 0 radical (unpaired) electrons. The summed E-state index contributed by atoms with van der Waals surface area (Å²) in [6.45, 7) is 18.5. The van der Waals surface area contributed by atoms with Crippen molar-refractivity contribution in [3.63, 3.8) is 0 Å². The molecule has 1 saturated heterocycles. The Balaban J connectivity index is 2.08. The lowest BCUT2D eigenvalue weighted by molar-refractivity contribution is 0.209. The molecule has 1 aliphatic carbocycles. The predicted molar refractivity (Wildman–Crippen MR) is 87.9 cm³/mol. The highest BCUT2D eigenvalue weighted by Gasteiger charge is 2.55. The van der Waals surface area contributed by atoms with Crippen LogP contribution in [0, 0.1) is 10.8 Å². The number of hydrogen-bond donors (Lipinski definition) is 0. The normalized spacial score (nSPS) is 25.6. The molecule has 1 unspecified atom stereocenters. The topological polar surface area (TPSA) is 3.24 Å². The van der Waals surface area contributed by atoms with E-state index in [1.54, 1.807) is 0 Å². The van der Waals surface area contributed by atoms with Crippen molar-refractivity contribution in [2.24, 2.45) is 10.8 Å². The van der Waals surface area contributed by atoms with Crippen LogP contribution in [0.3, 0.4) is 0 Å². The van der Waals surface area contributed by atoms with Gasteiger partial charge in [0.15, 0.2) is 0 Å². The van der Waals surface area contributed by atoms with E-state index in [2.05, 4.69) is 58.2 Å². The smallest absolute Gasteiger partial charge is 0.0169 e. The molecule has 0 aromatic rings. The molecule has 2 rings (SSSR count). The van der Waals surface area contributed by atoms with Crippen molar-refractivity contribution in [1.29, 1.82) is 0 Å². The third kappa shape index (κ3) is 4.14. The highest BCUT2D eigenvalue weighted by Crippen LogP contribution is 2.60. The van der Waals surface area contributed by atoms with E-state index in [4.69, 9.17) is 0 Å². The van der Waals surface area contributed by atoms with Crippen molar-refractivity contribution >= 4 is 11.8 Å². The maximum Gasteiger partial charge on any atom is 0.0169 e. The standard InChI is InChI=1S/C17H33NS/c1-15(2,3)14(19-16(4,5)6)17(9-10-17)13-18-11-7-8-12-18/h14H,7-13H2,1-6H3. The van der Waals surface area contributed by atoms with Gasteiger partial charge < -0.3 is 4.90 Å². The lowest BCUT2D eigenvalue weighted by Gasteiger charge is -2.42. The molecule has 1 saturated carbocycles. The number of nitrogens with zero attached hydrogens (tertiary/aromatic N) is 1. The molecular weight excluding hydrogens is 250 g/mol. The Bertz CT molecular complexity index is 300. The van der Waals surface area contributed by atoms with Crippen molar-refractivity contribution in [3.8, 4) is 0 Å². The van der Waals surface area contributed by atoms with Crippen LogP contribution in [-0.2, 0) is 0 Å². The maximum absolute atomic E-state index is 2.73. The summed E-state index contributed by atoms with van der Waals surface area (Å²) < 4.78 is 0.374. The minimum absolute atomic E-state index is 0.374. The fourth-order valence-corrected chi connectivity index (χ4v) is 5.24. The average Bonchev–Trinajstić information content (AvgIpc) is 2.79. The van der Waals surface area contributed by atoms with Crippen LogP contribution in [0.25, 0.3) is 0 Å². The molecule has 1 atom stereocenters. The molecule has 19 heavy (non-hydrogen) atoms. The Morgan fingerprint density at radius 3 is 1.89 bits per heavy atom. The minimum Gasteiger partial charge on any atom is -0.303 e. The molecule has 2 heteroatoms. The monoisotopic (exact) mass is 283 g/mol. The second-order valence-electron chi connectivity index (χ2n) is 8.82. The van der Waals surface area contributed by atoms with Crippen molar-refractivity contribution in [2.45, 2.75) is 77.2 Å². The molecule has 1 aliphatic heterocycles. The quantitative estimate of drug-likeness (QED) is 0.728. The number of hydrogen-bond acceptors (Lipinski definition) is 2. The van der Waals surface area contributed by atoms with E-state index in [1.807, 2.05) is 0 Å². The SMILES string of the molecule is CC(C)(C)SC(C(C)(C)C)C1(CN2CCCC2)CC1. The second kappa shape index (κ2) is 5.26. The van der Waals surface area contributed by atoms with Crippen LogP contribution in [0.4, 0.5) is 0 Å². The Hall–Kier alpha value is 0.310.